The minimum absolute atomic E-state index is 0.577. The third-order valence-electron chi connectivity index (χ3n) is 2.15. The predicted molar refractivity (Wildman–Crippen MR) is 68.4 cm³/mol. The maximum Gasteiger partial charge on any atom is 0.238 e. The lowest BCUT2D eigenvalue weighted by Crippen LogP contribution is -2.18. The maximum atomic E-state index is 6.01. The first kappa shape index (κ1) is 12.6. The van der Waals surface area contributed by atoms with Crippen molar-refractivity contribution >= 4 is 22.9 Å². The number of rotatable bonds is 6. The van der Waals surface area contributed by atoms with E-state index in [1.165, 1.54) is 11.3 Å². The van der Waals surface area contributed by atoms with E-state index >= 15 is 0 Å². The van der Waals surface area contributed by atoms with Gasteiger partial charge >= 0.3 is 0 Å². The molecule has 0 fully saturated rings. The molecule has 0 aliphatic carbocycles. The fraction of sp³-hybridized carbons (Fsp3) is 0.364. The van der Waals surface area contributed by atoms with E-state index in [0.29, 0.717) is 24.1 Å². The van der Waals surface area contributed by atoms with Gasteiger partial charge < -0.3 is 14.5 Å². The molecule has 0 spiro atoms. The number of thiophene rings is 1. The number of hydrogen-bond donors (Lipinski definition) is 1. The molecule has 1 N–H and O–H groups in total. The van der Waals surface area contributed by atoms with Crippen molar-refractivity contribution in [2.24, 2.45) is 0 Å². The summed E-state index contributed by atoms with van der Waals surface area (Å²) in [7, 11) is 1.68. The van der Waals surface area contributed by atoms with Crippen LogP contribution in [-0.4, -0.2) is 25.2 Å². The summed E-state index contributed by atoms with van der Waals surface area (Å²) < 4.78 is 10.3. The van der Waals surface area contributed by atoms with Crippen molar-refractivity contribution in [3.05, 3.63) is 28.4 Å². The minimum Gasteiger partial charge on any atom is -0.443 e. The van der Waals surface area contributed by atoms with Crippen molar-refractivity contribution in [2.45, 2.75) is 6.54 Å². The van der Waals surface area contributed by atoms with E-state index in [1.54, 1.807) is 13.4 Å². The van der Waals surface area contributed by atoms with Crippen LogP contribution >= 0.6 is 22.9 Å². The second-order valence-electron chi connectivity index (χ2n) is 3.41. The van der Waals surface area contributed by atoms with Gasteiger partial charge in [0, 0.05) is 20.2 Å². The van der Waals surface area contributed by atoms with Crippen LogP contribution < -0.4 is 5.32 Å². The van der Waals surface area contributed by atoms with Crippen LogP contribution in [0.15, 0.2) is 22.1 Å². The zero-order valence-corrected chi connectivity index (χ0v) is 11.0. The smallest absolute Gasteiger partial charge is 0.238 e. The van der Waals surface area contributed by atoms with Crippen LogP contribution in [0.2, 0.25) is 5.02 Å². The lowest BCUT2D eigenvalue weighted by molar-refractivity contribution is 0.199. The van der Waals surface area contributed by atoms with Gasteiger partial charge in [0.15, 0.2) is 0 Å². The molecule has 0 saturated carbocycles. The summed E-state index contributed by atoms with van der Waals surface area (Å²) in [5.74, 6) is 0.577. The molecule has 2 heterocycles. The molecule has 6 heteroatoms. The van der Waals surface area contributed by atoms with Crippen molar-refractivity contribution in [3.63, 3.8) is 0 Å². The molecule has 0 atom stereocenters. The number of nitrogens with one attached hydrogen (secondary N) is 1. The van der Waals surface area contributed by atoms with E-state index in [1.807, 2.05) is 11.4 Å². The first-order chi connectivity index (χ1) is 8.31. The molecule has 17 heavy (non-hydrogen) atoms. The fourth-order valence-electron chi connectivity index (χ4n) is 1.33. The summed E-state index contributed by atoms with van der Waals surface area (Å²) in [4.78, 5) is 5.24. The third kappa shape index (κ3) is 3.29. The van der Waals surface area contributed by atoms with Crippen molar-refractivity contribution < 1.29 is 9.15 Å². The van der Waals surface area contributed by atoms with Gasteiger partial charge in [-0.05, 0) is 11.4 Å². The zero-order chi connectivity index (χ0) is 12.1. The summed E-state index contributed by atoms with van der Waals surface area (Å²) in [6, 6.07) is 1.84. The van der Waals surface area contributed by atoms with Gasteiger partial charge in [0.05, 0.1) is 17.3 Å². The lowest BCUT2D eigenvalue weighted by atomic mass is 10.4. The van der Waals surface area contributed by atoms with Gasteiger partial charge in [0.25, 0.3) is 0 Å². The highest BCUT2D eigenvalue weighted by molar-refractivity contribution is 7.14. The Balaban J connectivity index is 1.95. The number of oxazole rings is 1. The summed E-state index contributed by atoms with van der Waals surface area (Å²) in [6.07, 6.45) is 1.64. The Hall–Kier alpha value is -0.880. The summed E-state index contributed by atoms with van der Waals surface area (Å²) in [5.41, 5.74) is 0.862. The molecule has 0 saturated heterocycles. The molecule has 2 aromatic rings. The number of nitrogens with zero attached hydrogens (tertiary/aromatic N) is 1. The Labute approximate surface area is 109 Å². The molecule has 0 amide bonds. The Kier molecular flexibility index (Phi) is 4.56. The molecule has 0 aliphatic heterocycles. The van der Waals surface area contributed by atoms with Crippen molar-refractivity contribution in [1.82, 2.24) is 10.3 Å². The van der Waals surface area contributed by atoms with Gasteiger partial charge in [-0.2, -0.15) is 0 Å². The topological polar surface area (TPSA) is 47.3 Å². The minimum atomic E-state index is 0.577. The number of hydrogen-bond acceptors (Lipinski definition) is 5. The van der Waals surface area contributed by atoms with Crippen LogP contribution in [0.4, 0.5) is 0 Å². The maximum absolute atomic E-state index is 6.01. The van der Waals surface area contributed by atoms with E-state index in [9.17, 15) is 0 Å². The van der Waals surface area contributed by atoms with Crippen LogP contribution in [0.3, 0.4) is 0 Å². The molecule has 0 aliphatic rings. The SMILES string of the molecule is COCCNCc1coc(-c2sccc2Cl)n1. The van der Waals surface area contributed by atoms with E-state index in [4.69, 9.17) is 20.8 Å². The molecule has 0 unspecified atom stereocenters. The average Bonchev–Trinajstić information content (AvgIpc) is 2.93. The molecule has 2 rings (SSSR count). The quantitative estimate of drug-likeness (QED) is 0.822. The predicted octanol–water partition coefficient (Wildman–Crippen LogP) is 2.79. The summed E-state index contributed by atoms with van der Waals surface area (Å²) >= 11 is 7.53. The average molecular weight is 273 g/mol. The molecule has 92 valence electrons. The second kappa shape index (κ2) is 6.16. The van der Waals surface area contributed by atoms with Crippen LogP contribution in [0.5, 0.6) is 0 Å². The van der Waals surface area contributed by atoms with Crippen LogP contribution in [-0.2, 0) is 11.3 Å². The van der Waals surface area contributed by atoms with Crippen LogP contribution in [0.1, 0.15) is 5.69 Å². The normalized spacial score (nSPS) is 10.9. The number of ether oxygens (including phenoxy) is 1. The van der Waals surface area contributed by atoms with E-state index in [2.05, 4.69) is 10.3 Å². The molecule has 4 nitrogen and oxygen atoms in total. The highest BCUT2D eigenvalue weighted by Crippen LogP contribution is 2.32. The van der Waals surface area contributed by atoms with E-state index < -0.39 is 0 Å². The van der Waals surface area contributed by atoms with E-state index in [-0.39, 0.29) is 0 Å². The summed E-state index contributed by atoms with van der Waals surface area (Å²) in [5, 5.41) is 5.79. The fourth-order valence-corrected chi connectivity index (χ4v) is 2.40. The van der Waals surface area contributed by atoms with Gasteiger partial charge in [0.2, 0.25) is 5.89 Å². The zero-order valence-electron chi connectivity index (χ0n) is 9.40. The Bertz CT molecular complexity index is 469. The molecule has 0 bridgehead atoms. The van der Waals surface area contributed by atoms with Gasteiger partial charge in [-0.3, -0.25) is 0 Å². The molecular formula is C11H13ClN2O2S. The highest BCUT2D eigenvalue weighted by atomic mass is 35.5. The third-order valence-corrected chi connectivity index (χ3v) is 3.48. The van der Waals surface area contributed by atoms with Gasteiger partial charge in [-0.15, -0.1) is 11.3 Å². The van der Waals surface area contributed by atoms with Crippen LogP contribution in [0, 0.1) is 0 Å². The van der Waals surface area contributed by atoms with Crippen molar-refractivity contribution in [2.75, 3.05) is 20.3 Å². The molecule has 2 aromatic heterocycles. The molecule has 0 radical (unpaired) electrons. The van der Waals surface area contributed by atoms with Crippen molar-refractivity contribution in [3.8, 4) is 10.8 Å². The van der Waals surface area contributed by atoms with Gasteiger partial charge in [-0.25, -0.2) is 4.98 Å². The first-order valence-corrected chi connectivity index (χ1v) is 6.44. The summed E-state index contributed by atoms with van der Waals surface area (Å²) in [6.45, 7) is 2.13. The number of halogens is 1. The largest absolute Gasteiger partial charge is 0.443 e. The Morgan fingerprint density at radius 3 is 3.18 bits per heavy atom. The monoisotopic (exact) mass is 272 g/mol. The van der Waals surface area contributed by atoms with E-state index in [0.717, 1.165) is 17.1 Å². The Morgan fingerprint density at radius 1 is 1.59 bits per heavy atom. The number of aromatic nitrogens is 1. The number of methoxy groups -OCH3 is 1. The van der Waals surface area contributed by atoms with Crippen molar-refractivity contribution in [1.29, 1.82) is 0 Å². The second-order valence-corrected chi connectivity index (χ2v) is 4.73. The first-order valence-electron chi connectivity index (χ1n) is 5.18. The van der Waals surface area contributed by atoms with Gasteiger partial charge in [0.1, 0.15) is 11.1 Å². The highest BCUT2D eigenvalue weighted by Gasteiger charge is 2.11. The van der Waals surface area contributed by atoms with Crippen LogP contribution in [0.25, 0.3) is 10.8 Å². The Morgan fingerprint density at radius 2 is 2.47 bits per heavy atom. The van der Waals surface area contributed by atoms with Gasteiger partial charge in [-0.1, -0.05) is 11.6 Å². The lowest BCUT2D eigenvalue weighted by Gasteiger charge is -1.99. The molecular weight excluding hydrogens is 260 g/mol. The molecule has 0 aromatic carbocycles. The standard InChI is InChI=1S/C11H13ClN2O2S/c1-15-4-3-13-6-8-7-16-11(14-8)10-9(12)2-5-17-10/h2,5,7,13H,3-4,6H2,1H3.